The molecule has 7 nitrogen and oxygen atoms in total. The molecule has 0 spiro atoms. The number of carbonyl (C=O) groups is 1. The molecule has 3 rings (SSSR count). The first-order valence-corrected chi connectivity index (χ1v) is 9.32. The molecule has 0 bridgehead atoms. The first-order chi connectivity index (χ1) is 12.1. The van der Waals surface area contributed by atoms with Crippen LogP contribution in [0.15, 0.2) is 29.5 Å². The van der Waals surface area contributed by atoms with E-state index in [4.69, 9.17) is 11.6 Å². The molecule has 3 heterocycles. The van der Waals surface area contributed by atoms with Crippen LogP contribution in [0.2, 0.25) is 4.34 Å². The summed E-state index contributed by atoms with van der Waals surface area (Å²) in [5.74, 6) is 0.801. The molecular weight excluding hydrogens is 487 g/mol. The number of aryl methyl sites for hydroxylation is 1. The van der Waals surface area contributed by atoms with Crippen molar-refractivity contribution < 1.29 is 4.79 Å². The summed E-state index contributed by atoms with van der Waals surface area (Å²) in [6.07, 6.45) is 3.57. The average molecular weight is 509 g/mol. The SMILES string of the molecule is CCNC(=NCc1ccc(Cl)s1)N1CCN(c2cnn(C)c2)C(=O)C1.I. The van der Waals surface area contributed by atoms with Crippen molar-refractivity contribution >= 4 is 64.5 Å². The lowest BCUT2D eigenvalue weighted by molar-refractivity contribution is -0.120. The van der Waals surface area contributed by atoms with Crippen LogP contribution in [0.5, 0.6) is 0 Å². The number of hydrogen-bond donors (Lipinski definition) is 1. The summed E-state index contributed by atoms with van der Waals surface area (Å²) in [7, 11) is 1.84. The second-order valence-corrected chi connectivity index (χ2v) is 7.51. The van der Waals surface area contributed by atoms with Crippen LogP contribution < -0.4 is 10.2 Å². The normalized spacial score (nSPS) is 15.2. The fraction of sp³-hybridized carbons (Fsp3) is 0.438. The Morgan fingerprint density at radius 1 is 1.42 bits per heavy atom. The van der Waals surface area contributed by atoms with Gasteiger partial charge in [-0.25, -0.2) is 4.99 Å². The molecule has 1 fully saturated rings. The molecule has 26 heavy (non-hydrogen) atoms. The minimum atomic E-state index is 0. The number of anilines is 1. The zero-order valence-electron chi connectivity index (χ0n) is 14.7. The smallest absolute Gasteiger partial charge is 0.246 e. The molecule has 2 aromatic rings. The number of halogens is 2. The molecule has 0 aromatic carbocycles. The number of aromatic nitrogens is 2. The number of nitrogens with zero attached hydrogens (tertiary/aromatic N) is 5. The first kappa shape index (κ1) is 21.0. The number of amides is 1. The summed E-state index contributed by atoms with van der Waals surface area (Å²) in [6, 6.07) is 3.85. The van der Waals surface area contributed by atoms with E-state index < -0.39 is 0 Å². The van der Waals surface area contributed by atoms with E-state index in [1.165, 1.54) is 11.3 Å². The van der Waals surface area contributed by atoms with Crippen molar-refractivity contribution in [1.29, 1.82) is 0 Å². The quantitative estimate of drug-likeness (QED) is 0.392. The van der Waals surface area contributed by atoms with Crippen LogP contribution in [0.4, 0.5) is 5.69 Å². The van der Waals surface area contributed by atoms with E-state index in [0.717, 1.165) is 33.9 Å². The third kappa shape index (κ3) is 5.10. The zero-order chi connectivity index (χ0) is 17.8. The third-order valence-electron chi connectivity index (χ3n) is 3.87. The van der Waals surface area contributed by atoms with Crippen LogP contribution in [-0.4, -0.2) is 52.7 Å². The van der Waals surface area contributed by atoms with Crippen molar-refractivity contribution in [2.24, 2.45) is 12.0 Å². The second-order valence-electron chi connectivity index (χ2n) is 5.72. The van der Waals surface area contributed by atoms with Gasteiger partial charge in [0.25, 0.3) is 0 Å². The highest BCUT2D eigenvalue weighted by molar-refractivity contribution is 14.0. The van der Waals surface area contributed by atoms with Gasteiger partial charge in [-0.3, -0.25) is 9.48 Å². The van der Waals surface area contributed by atoms with Gasteiger partial charge in [0.05, 0.1) is 22.8 Å². The maximum Gasteiger partial charge on any atom is 0.246 e. The molecule has 0 aliphatic carbocycles. The van der Waals surface area contributed by atoms with Crippen LogP contribution in [0.3, 0.4) is 0 Å². The van der Waals surface area contributed by atoms with Gasteiger partial charge in [-0.15, -0.1) is 35.3 Å². The van der Waals surface area contributed by atoms with Crippen molar-refractivity contribution in [2.75, 3.05) is 31.1 Å². The van der Waals surface area contributed by atoms with E-state index in [-0.39, 0.29) is 29.9 Å². The molecular formula is C16H22ClIN6OS. The molecule has 0 radical (unpaired) electrons. The topological polar surface area (TPSA) is 65.8 Å². The Bertz CT molecular complexity index is 776. The van der Waals surface area contributed by atoms with E-state index in [1.807, 2.05) is 37.2 Å². The summed E-state index contributed by atoms with van der Waals surface area (Å²) < 4.78 is 2.46. The maximum absolute atomic E-state index is 12.5. The predicted molar refractivity (Wildman–Crippen MR) is 117 cm³/mol. The Labute approximate surface area is 179 Å². The molecule has 1 amide bonds. The van der Waals surface area contributed by atoms with Gasteiger partial charge >= 0.3 is 0 Å². The molecule has 0 unspecified atom stereocenters. The summed E-state index contributed by atoms with van der Waals surface area (Å²) in [4.78, 5) is 22.1. The highest BCUT2D eigenvalue weighted by Crippen LogP contribution is 2.22. The maximum atomic E-state index is 12.5. The van der Waals surface area contributed by atoms with Crippen LogP contribution in [0, 0.1) is 0 Å². The van der Waals surface area contributed by atoms with Gasteiger partial charge in [0.15, 0.2) is 5.96 Å². The largest absolute Gasteiger partial charge is 0.356 e. The molecule has 1 N–H and O–H groups in total. The van der Waals surface area contributed by atoms with Gasteiger partial charge in [-0.05, 0) is 19.1 Å². The number of rotatable bonds is 4. The number of nitrogens with one attached hydrogen (secondary N) is 1. The molecule has 2 aromatic heterocycles. The average Bonchev–Trinajstić information content (AvgIpc) is 3.19. The van der Waals surface area contributed by atoms with E-state index in [1.54, 1.807) is 15.8 Å². The number of carbonyl (C=O) groups excluding carboxylic acids is 1. The van der Waals surface area contributed by atoms with Gasteiger partial charge in [-0.1, -0.05) is 11.6 Å². The standard InChI is InChI=1S/C16H21ClN6OS.HI/c1-3-18-16(19-9-13-4-5-14(17)25-13)22-6-7-23(15(24)11-22)12-8-20-21(2)10-12;/h4-5,8,10H,3,6-7,9,11H2,1-2H3,(H,18,19);1H. The van der Waals surface area contributed by atoms with Crippen LogP contribution >= 0.6 is 46.9 Å². The lowest BCUT2D eigenvalue weighted by Crippen LogP contribution is -2.55. The number of thiophene rings is 1. The molecule has 10 heteroatoms. The van der Waals surface area contributed by atoms with Crippen LogP contribution in [0.25, 0.3) is 0 Å². The number of guanidine groups is 1. The third-order valence-corrected chi connectivity index (χ3v) is 5.09. The Kier molecular flexibility index (Phi) is 7.71. The minimum Gasteiger partial charge on any atom is -0.356 e. The van der Waals surface area contributed by atoms with E-state index in [9.17, 15) is 4.79 Å². The fourth-order valence-corrected chi connectivity index (χ4v) is 3.70. The first-order valence-electron chi connectivity index (χ1n) is 8.13. The van der Waals surface area contributed by atoms with Crippen LogP contribution in [0.1, 0.15) is 11.8 Å². The van der Waals surface area contributed by atoms with Crippen molar-refractivity contribution in [3.05, 3.63) is 33.7 Å². The molecule has 142 valence electrons. The van der Waals surface area contributed by atoms with Gasteiger partial charge in [0.1, 0.15) is 6.54 Å². The highest BCUT2D eigenvalue weighted by atomic mass is 127. The van der Waals surface area contributed by atoms with Crippen molar-refractivity contribution in [1.82, 2.24) is 20.0 Å². The van der Waals surface area contributed by atoms with Gasteiger partial charge in [-0.2, -0.15) is 5.10 Å². The fourth-order valence-electron chi connectivity index (χ4n) is 2.69. The minimum absolute atomic E-state index is 0. The molecule has 1 aliphatic rings. The molecule has 0 saturated carbocycles. The Balaban J connectivity index is 0.00000243. The Hall–Kier alpha value is -1.33. The highest BCUT2D eigenvalue weighted by Gasteiger charge is 2.27. The zero-order valence-corrected chi connectivity index (χ0v) is 18.6. The van der Waals surface area contributed by atoms with Gasteiger partial charge in [0, 0.05) is 37.8 Å². The van der Waals surface area contributed by atoms with Crippen molar-refractivity contribution in [2.45, 2.75) is 13.5 Å². The molecule has 0 atom stereocenters. The summed E-state index contributed by atoms with van der Waals surface area (Å²) in [5, 5.41) is 7.41. The lowest BCUT2D eigenvalue weighted by atomic mass is 10.3. The number of hydrogen-bond acceptors (Lipinski definition) is 4. The lowest BCUT2D eigenvalue weighted by Gasteiger charge is -2.35. The van der Waals surface area contributed by atoms with Gasteiger partial charge in [0.2, 0.25) is 5.91 Å². The Morgan fingerprint density at radius 2 is 2.23 bits per heavy atom. The second kappa shape index (κ2) is 9.56. The van der Waals surface area contributed by atoms with Gasteiger partial charge < -0.3 is 15.1 Å². The number of aliphatic imine (C=N–C) groups is 1. The molecule has 1 aliphatic heterocycles. The summed E-state index contributed by atoms with van der Waals surface area (Å²) in [5.41, 5.74) is 0.835. The van der Waals surface area contributed by atoms with Crippen LogP contribution in [-0.2, 0) is 18.4 Å². The summed E-state index contributed by atoms with van der Waals surface area (Å²) in [6.45, 7) is 4.95. The Morgan fingerprint density at radius 3 is 2.81 bits per heavy atom. The van der Waals surface area contributed by atoms with E-state index >= 15 is 0 Å². The summed E-state index contributed by atoms with van der Waals surface area (Å²) >= 11 is 7.49. The van der Waals surface area contributed by atoms with Crippen molar-refractivity contribution in [3.63, 3.8) is 0 Å². The monoisotopic (exact) mass is 508 g/mol. The van der Waals surface area contributed by atoms with E-state index in [0.29, 0.717) is 19.6 Å². The number of piperazine rings is 1. The van der Waals surface area contributed by atoms with E-state index in [2.05, 4.69) is 15.4 Å². The van der Waals surface area contributed by atoms with Crippen molar-refractivity contribution in [3.8, 4) is 0 Å². The molecule has 1 saturated heterocycles. The predicted octanol–water partition coefficient (Wildman–Crippen LogP) is 2.57.